The number of methoxy groups -OCH3 is 1. The molecule has 0 spiro atoms. The Morgan fingerprint density at radius 2 is 2.26 bits per heavy atom. The average molecular weight is 277 g/mol. The van der Waals surface area contributed by atoms with Crippen LogP contribution < -0.4 is 5.56 Å². The maximum atomic E-state index is 12.3. The first-order chi connectivity index (χ1) is 9.11. The number of carbonyl (C=O) groups excluding carboxylic acids is 1. The Balaban J connectivity index is 2.30. The number of esters is 1. The minimum atomic E-state index is -0.494. The van der Waals surface area contributed by atoms with Crippen molar-refractivity contribution >= 4 is 33.0 Å². The number of fused-ring (bicyclic) bond motifs is 3. The van der Waals surface area contributed by atoms with E-state index >= 15 is 0 Å². The molecule has 98 valence electrons. The van der Waals surface area contributed by atoms with Gasteiger partial charge in [0.15, 0.2) is 0 Å². The molecule has 0 aliphatic carbocycles. The maximum absolute atomic E-state index is 12.3. The Hall–Kier alpha value is -2.15. The van der Waals surface area contributed by atoms with Gasteiger partial charge in [-0.25, -0.2) is 4.68 Å². The van der Waals surface area contributed by atoms with E-state index in [2.05, 4.69) is 9.84 Å². The Labute approximate surface area is 111 Å². The van der Waals surface area contributed by atoms with E-state index in [0.717, 1.165) is 14.9 Å². The smallest absolute Gasteiger partial charge is 0.327 e. The third-order valence-corrected chi connectivity index (χ3v) is 3.83. The van der Waals surface area contributed by atoms with Crippen molar-refractivity contribution in [3.63, 3.8) is 0 Å². The molecule has 7 heteroatoms. The normalized spacial score (nSPS) is 11.3. The molecule has 3 aromatic rings. The van der Waals surface area contributed by atoms with E-state index in [9.17, 15) is 9.59 Å². The molecule has 6 nitrogen and oxygen atoms in total. The summed E-state index contributed by atoms with van der Waals surface area (Å²) in [5.41, 5.74) is 1.20. The first-order valence-electron chi connectivity index (χ1n) is 5.65. The van der Waals surface area contributed by atoms with Gasteiger partial charge in [0.2, 0.25) is 0 Å². The summed E-state index contributed by atoms with van der Waals surface area (Å²) in [6, 6.07) is 3.77. The van der Waals surface area contributed by atoms with Gasteiger partial charge in [-0.15, -0.1) is 11.3 Å². The molecule has 0 saturated carbocycles. The lowest BCUT2D eigenvalue weighted by molar-refractivity contribution is -0.141. The maximum Gasteiger partial charge on any atom is 0.327 e. The van der Waals surface area contributed by atoms with Crippen LogP contribution in [0.3, 0.4) is 0 Å². The topological polar surface area (TPSA) is 65.6 Å². The van der Waals surface area contributed by atoms with Gasteiger partial charge < -0.3 is 4.74 Å². The van der Waals surface area contributed by atoms with Crippen LogP contribution >= 0.6 is 11.3 Å². The van der Waals surface area contributed by atoms with Crippen molar-refractivity contribution in [2.75, 3.05) is 7.11 Å². The number of rotatable bonds is 2. The van der Waals surface area contributed by atoms with E-state index in [-0.39, 0.29) is 12.1 Å². The molecule has 0 aliphatic rings. The van der Waals surface area contributed by atoms with Gasteiger partial charge in [0.05, 0.1) is 17.3 Å². The Kier molecular flexibility index (Phi) is 2.63. The standard InChI is InChI=1S/C12H11N3O3S/c1-7-13-14(6-11(16)18-2)12(17)9-5-10-8(15(7)9)3-4-19-10/h3-5H,6H2,1-2H3. The van der Waals surface area contributed by atoms with Crippen molar-refractivity contribution in [2.24, 2.45) is 0 Å². The molecule has 0 bridgehead atoms. The fourth-order valence-corrected chi connectivity index (χ4v) is 2.93. The monoisotopic (exact) mass is 277 g/mol. The van der Waals surface area contributed by atoms with Crippen LogP contribution in [0.5, 0.6) is 0 Å². The van der Waals surface area contributed by atoms with E-state index < -0.39 is 5.97 Å². The number of nitrogens with zero attached hydrogens (tertiary/aromatic N) is 3. The summed E-state index contributed by atoms with van der Waals surface area (Å²) in [7, 11) is 1.28. The summed E-state index contributed by atoms with van der Waals surface area (Å²) in [4.78, 5) is 23.6. The lowest BCUT2D eigenvalue weighted by atomic mass is 10.5. The fourth-order valence-electron chi connectivity index (χ4n) is 2.12. The summed E-state index contributed by atoms with van der Waals surface area (Å²) >= 11 is 1.57. The zero-order chi connectivity index (χ0) is 13.6. The van der Waals surface area contributed by atoms with Gasteiger partial charge in [-0.1, -0.05) is 0 Å². The lowest BCUT2D eigenvalue weighted by Crippen LogP contribution is -2.29. The minimum Gasteiger partial charge on any atom is -0.468 e. The van der Waals surface area contributed by atoms with Gasteiger partial charge in [-0.2, -0.15) is 5.10 Å². The molecular weight excluding hydrogens is 266 g/mol. The molecule has 0 aliphatic heterocycles. The molecule has 3 aromatic heterocycles. The van der Waals surface area contributed by atoms with E-state index in [1.807, 2.05) is 21.9 Å². The highest BCUT2D eigenvalue weighted by Crippen LogP contribution is 2.24. The van der Waals surface area contributed by atoms with Crippen molar-refractivity contribution < 1.29 is 9.53 Å². The molecule has 0 amide bonds. The van der Waals surface area contributed by atoms with Crippen LogP contribution in [0, 0.1) is 6.92 Å². The van der Waals surface area contributed by atoms with Gasteiger partial charge in [0, 0.05) is 0 Å². The Morgan fingerprint density at radius 3 is 3.00 bits per heavy atom. The third kappa shape index (κ3) is 1.74. The predicted octanol–water partition coefficient (Wildman–Crippen LogP) is 1.19. The number of aromatic nitrogens is 3. The lowest BCUT2D eigenvalue weighted by Gasteiger charge is -2.07. The van der Waals surface area contributed by atoms with Crippen LogP contribution in [0.25, 0.3) is 15.7 Å². The Bertz CT molecular complexity index is 843. The molecule has 0 N–H and O–H groups in total. The van der Waals surface area contributed by atoms with Crippen LogP contribution in [0.4, 0.5) is 0 Å². The molecule has 0 aromatic carbocycles. The zero-order valence-corrected chi connectivity index (χ0v) is 11.2. The summed E-state index contributed by atoms with van der Waals surface area (Å²) in [6.07, 6.45) is 0. The molecule has 0 radical (unpaired) electrons. The van der Waals surface area contributed by atoms with Gasteiger partial charge in [0.25, 0.3) is 5.56 Å². The molecular formula is C12H11N3O3S. The largest absolute Gasteiger partial charge is 0.468 e. The van der Waals surface area contributed by atoms with Crippen LogP contribution in [-0.4, -0.2) is 27.3 Å². The second-order valence-corrected chi connectivity index (χ2v) is 5.07. The number of hydrogen-bond donors (Lipinski definition) is 0. The van der Waals surface area contributed by atoms with Crippen molar-refractivity contribution in [1.82, 2.24) is 14.2 Å². The summed E-state index contributed by atoms with van der Waals surface area (Å²) in [6.45, 7) is 1.63. The van der Waals surface area contributed by atoms with Gasteiger partial charge in [-0.05, 0) is 24.4 Å². The van der Waals surface area contributed by atoms with Gasteiger partial charge in [0.1, 0.15) is 17.9 Å². The second kappa shape index (κ2) is 4.20. The predicted molar refractivity (Wildman–Crippen MR) is 71.6 cm³/mol. The Morgan fingerprint density at radius 1 is 1.47 bits per heavy atom. The van der Waals surface area contributed by atoms with E-state index in [4.69, 9.17) is 0 Å². The minimum absolute atomic E-state index is 0.175. The number of thiophene rings is 1. The molecule has 0 unspecified atom stereocenters. The van der Waals surface area contributed by atoms with Crippen LogP contribution in [0.1, 0.15) is 5.82 Å². The van der Waals surface area contributed by atoms with E-state index in [0.29, 0.717) is 11.3 Å². The van der Waals surface area contributed by atoms with Gasteiger partial charge >= 0.3 is 5.97 Å². The second-order valence-electron chi connectivity index (χ2n) is 4.12. The molecule has 0 fully saturated rings. The molecule has 0 atom stereocenters. The molecule has 19 heavy (non-hydrogen) atoms. The molecule has 3 rings (SSSR count). The van der Waals surface area contributed by atoms with E-state index in [1.165, 1.54) is 7.11 Å². The third-order valence-electron chi connectivity index (χ3n) is 2.97. The number of carbonyl (C=O) groups is 1. The quantitative estimate of drug-likeness (QED) is 0.660. The van der Waals surface area contributed by atoms with E-state index in [1.54, 1.807) is 18.3 Å². The highest BCUT2D eigenvalue weighted by molar-refractivity contribution is 7.17. The van der Waals surface area contributed by atoms with Crippen molar-refractivity contribution in [3.05, 3.63) is 33.7 Å². The first-order valence-corrected chi connectivity index (χ1v) is 6.53. The van der Waals surface area contributed by atoms with Crippen LogP contribution in [0.2, 0.25) is 0 Å². The fraction of sp³-hybridized carbons (Fsp3) is 0.250. The number of ether oxygens (including phenoxy) is 1. The van der Waals surface area contributed by atoms with Crippen molar-refractivity contribution in [3.8, 4) is 0 Å². The SMILES string of the molecule is COC(=O)Cn1nc(C)n2c(cc3sccc32)c1=O. The zero-order valence-electron chi connectivity index (χ0n) is 10.4. The highest BCUT2D eigenvalue weighted by atomic mass is 32.1. The van der Waals surface area contributed by atoms with Crippen molar-refractivity contribution in [1.29, 1.82) is 0 Å². The molecule has 0 saturated heterocycles. The number of hydrogen-bond acceptors (Lipinski definition) is 5. The first kappa shape index (κ1) is 11.9. The average Bonchev–Trinajstić information content (AvgIpc) is 2.95. The number of aryl methyl sites for hydroxylation is 1. The van der Waals surface area contributed by atoms with Crippen LogP contribution in [0.15, 0.2) is 22.3 Å². The van der Waals surface area contributed by atoms with Gasteiger partial charge in [-0.3, -0.25) is 14.0 Å². The van der Waals surface area contributed by atoms with Crippen LogP contribution in [-0.2, 0) is 16.1 Å². The summed E-state index contributed by atoms with van der Waals surface area (Å²) in [5.74, 6) is 0.165. The highest BCUT2D eigenvalue weighted by Gasteiger charge is 2.14. The summed E-state index contributed by atoms with van der Waals surface area (Å²) < 4.78 is 8.53. The molecule has 3 heterocycles. The summed E-state index contributed by atoms with van der Waals surface area (Å²) in [5, 5.41) is 6.13. The van der Waals surface area contributed by atoms with Crippen molar-refractivity contribution in [2.45, 2.75) is 13.5 Å².